The Morgan fingerprint density at radius 3 is 2.23 bits per heavy atom. The minimum atomic E-state index is -2.40. The van der Waals surface area contributed by atoms with Crippen LogP contribution in [0.1, 0.15) is 18.0 Å². The zero-order valence-corrected chi connectivity index (χ0v) is 6.95. The first-order valence-corrected chi connectivity index (χ1v) is 3.92. The van der Waals surface area contributed by atoms with Crippen LogP contribution in [0.5, 0.6) is 5.75 Å². The van der Waals surface area contributed by atoms with E-state index in [0.717, 1.165) is 0 Å². The number of alkyl halides is 2. The Balaban J connectivity index is 2.66. The van der Waals surface area contributed by atoms with Crippen LogP contribution in [0, 0.1) is 0 Å². The summed E-state index contributed by atoms with van der Waals surface area (Å²) in [5.74, 6) is 0.105. The van der Waals surface area contributed by atoms with Crippen molar-refractivity contribution in [1.82, 2.24) is 0 Å². The molecule has 0 aliphatic carbocycles. The summed E-state index contributed by atoms with van der Waals surface area (Å²) in [6.45, 7) is 0. The number of hydrogen-bond donors (Lipinski definition) is 2. The van der Waals surface area contributed by atoms with Gasteiger partial charge in [-0.15, -0.1) is 0 Å². The van der Waals surface area contributed by atoms with Crippen LogP contribution in [-0.4, -0.2) is 11.5 Å². The fourth-order valence-electron chi connectivity index (χ4n) is 1.05. The highest BCUT2D eigenvalue weighted by molar-refractivity contribution is 5.27. The molecule has 0 saturated heterocycles. The molecule has 0 aliphatic rings. The summed E-state index contributed by atoms with van der Waals surface area (Å²) in [6, 6.07) is 5.28. The molecule has 0 aliphatic heterocycles. The third-order valence-electron chi connectivity index (χ3n) is 1.75. The van der Waals surface area contributed by atoms with E-state index in [0.29, 0.717) is 5.56 Å². The molecule has 0 saturated carbocycles. The quantitative estimate of drug-likeness (QED) is 0.760. The van der Waals surface area contributed by atoms with Crippen molar-refractivity contribution in [2.45, 2.75) is 18.9 Å². The zero-order chi connectivity index (χ0) is 9.84. The number of nitrogens with two attached hydrogens (primary N) is 1. The highest BCUT2D eigenvalue weighted by Crippen LogP contribution is 2.19. The van der Waals surface area contributed by atoms with Crippen molar-refractivity contribution >= 4 is 0 Å². The third-order valence-corrected chi connectivity index (χ3v) is 1.75. The Morgan fingerprint density at radius 2 is 1.77 bits per heavy atom. The number of benzene rings is 1. The first-order valence-electron chi connectivity index (χ1n) is 3.92. The van der Waals surface area contributed by atoms with E-state index in [9.17, 15) is 8.78 Å². The molecule has 1 aromatic carbocycles. The first kappa shape index (κ1) is 9.92. The van der Waals surface area contributed by atoms with Gasteiger partial charge in [-0.1, -0.05) is 12.1 Å². The number of phenolic OH excluding ortho intramolecular Hbond substituents is 1. The monoisotopic (exact) mass is 187 g/mol. The topological polar surface area (TPSA) is 46.2 Å². The molecule has 0 aromatic heterocycles. The fraction of sp³-hybridized carbons (Fsp3) is 0.333. The first-order chi connectivity index (χ1) is 6.09. The van der Waals surface area contributed by atoms with Crippen molar-refractivity contribution in [3.8, 4) is 5.75 Å². The van der Waals surface area contributed by atoms with Crippen LogP contribution >= 0.6 is 0 Å². The Morgan fingerprint density at radius 1 is 1.23 bits per heavy atom. The lowest BCUT2D eigenvalue weighted by molar-refractivity contribution is 0.128. The number of phenols is 1. The normalized spacial score (nSPS) is 13.2. The summed E-state index contributed by atoms with van der Waals surface area (Å²) >= 11 is 0. The molecule has 0 heterocycles. The highest BCUT2D eigenvalue weighted by atomic mass is 19.3. The van der Waals surface area contributed by atoms with Gasteiger partial charge in [-0.05, 0) is 17.7 Å². The molecule has 0 bridgehead atoms. The van der Waals surface area contributed by atoms with Gasteiger partial charge in [-0.2, -0.15) is 0 Å². The molecular formula is C9H11F2NO. The predicted molar refractivity (Wildman–Crippen MR) is 45.7 cm³/mol. The highest BCUT2D eigenvalue weighted by Gasteiger charge is 2.12. The van der Waals surface area contributed by atoms with Gasteiger partial charge in [0.1, 0.15) is 5.75 Å². The second-order valence-corrected chi connectivity index (χ2v) is 2.82. The minimum absolute atomic E-state index is 0.105. The average Bonchev–Trinajstić information content (AvgIpc) is 2.04. The number of aromatic hydroxyl groups is 1. The van der Waals surface area contributed by atoms with Crippen molar-refractivity contribution in [3.05, 3.63) is 29.8 Å². The van der Waals surface area contributed by atoms with E-state index in [4.69, 9.17) is 10.8 Å². The van der Waals surface area contributed by atoms with E-state index in [1.54, 1.807) is 12.1 Å². The lowest BCUT2D eigenvalue weighted by Crippen LogP contribution is -2.13. The second kappa shape index (κ2) is 4.18. The van der Waals surface area contributed by atoms with E-state index < -0.39 is 12.5 Å². The molecule has 4 heteroatoms. The maximum absolute atomic E-state index is 11.9. The third kappa shape index (κ3) is 2.99. The van der Waals surface area contributed by atoms with Crippen LogP contribution in [0.2, 0.25) is 0 Å². The van der Waals surface area contributed by atoms with E-state index in [1.807, 2.05) is 0 Å². The van der Waals surface area contributed by atoms with Gasteiger partial charge in [0, 0.05) is 12.5 Å². The minimum Gasteiger partial charge on any atom is -0.508 e. The summed E-state index contributed by atoms with van der Waals surface area (Å²) in [4.78, 5) is 0. The Bertz CT molecular complexity index is 261. The van der Waals surface area contributed by atoms with Crippen LogP contribution in [0.15, 0.2) is 24.3 Å². The molecule has 2 nitrogen and oxygen atoms in total. The van der Waals surface area contributed by atoms with Crippen molar-refractivity contribution in [2.75, 3.05) is 0 Å². The van der Waals surface area contributed by atoms with Crippen molar-refractivity contribution in [1.29, 1.82) is 0 Å². The van der Waals surface area contributed by atoms with Crippen molar-refractivity contribution in [3.63, 3.8) is 0 Å². The molecule has 0 unspecified atom stereocenters. The lowest BCUT2D eigenvalue weighted by atomic mass is 10.1. The van der Waals surface area contributed by atoms with Crippen molar-refractivity contribution in [2.24, 2.45) is 5.73 Å². The van der Waals surface area contributed by atoms with Gasteiger partial charge < -0.3 is 10.8 Å². The zero-order valence-electron chi connectivity index (χ0n) is 6.95. The summed E-state index contributed by atoms with van der Waals surface area (Å²) in [7, 11) is 0. The van der Waals surface area contributed by atoms with E-state index in [1.165, 1.54) is 12.1 Å². The molecular weight excluding hydrogens is 176 g/mol. The van der Waals surface area contributed by atoms with E-state index in [-0.39, 0.29) is 12.2 Å². The van der Waals surface area contributed by atoms with Gasteiger partial charge in [-0.3, -0.25) is 0 Å². The maximum atomic E-state index is 11.9. The summed E-state index contributed by atoms with van der Waals surface area (Å²) in [6.07, 6.45) is -2.76. The summed E-state index contributed by atoms with van der Waals surface area (Å²) < 4.78 is 23.8. The molecule has 0 radical (unpaired) electrons. The number of rotatable bonds is 3. The standard InChI is InChI=1S/C9H11F2NO/c10-9(11)5-8(12)6-1-3-7(13)4-2-6/h1-4,8-9,13H,5,12H2/t8-/m0/s1. The van der Waals surface area contributed by atoms with E-state index >= 15 is 0 Å². The largest absolute Gasteiger partial charge is 0.508 e. The lowest BCUT2D eigenvalue weighted by Gasteiger charge is -2.10. The smallest absolute Gasteiger partial charge is 0.240 e. The van der Waals surface area contributed by atoms with Crippen LogP contribution in [0.25, 0.3) is 0 Å². The van der Waals surface area contributed by atoms with Gasteiger partial charge in [0.15, 0.2) is 0 Å². The predicted octanol–water partition coefficient (Wildman–Crippen LogP) is 2.05. The Hall–Kier alpha value is -1.16. The van der Waals surface area contributed by atoms with Crippen LogP contribution in [-0.2, 0) is 0 Å². The summed E-state index contributed by atoms with van der Waals surface area (Å²) in [5, 5.41) is 8.93. The number of halogens is 2. The Labute approximate surface area is 75.0 Å². The molecule has 1 aromatic rings. The van der Waals surface area contributed by atoms with E-state index in [2.05, 4.69) is 0 Å². The van der Waals surface area contributed by atoms with Gasteiger partial charge in [0.25, 0.3) is 0 Å². The molecule has 1 atom stereocenters. The molecule has 0 amide bonds. The van der Waals surface area contributed by atoms with Gasteiger partial charge >= 0.3 is 0 Å². The van der Waals surface area contributed by atoms with Gasteiger partial charge in [0.2, 0.25) is 6.43 Å². The van der Waals surface area contributed by atoms with Crippen molar-refractivity contribution < 1.29 is 13.9 Å². The summed E-state index contributed by atoms with van der Waals surface area (Å²) in [5.41, 5.74) is 6.09. The number of hydrogen-bond acceptors (Lipinski definition) is 2. The van der Waals surface area contributed by atoms with Crippen LogP contribution in [0.4, 0.5) is 8.78 Å². The van der Waals surface area contributed by atoms with Crippen LogP contribution in [0.3, 0.4) is 0 Å². The second-order valence-electron chi connectivity index (χ2n) is 2.82. The molecule has 0 fully saturated rings. The van der Waals surface area contributed by atoms with Gasteiger partial charge in [0.05, 0.1) is 0 Å². The molecule has 1 rings (SSSR count). The molecule has 13 heavy (non-hydrogen) atoms. The van der Waals surface area contributed by atoms with Crippen LogP contribution < -0.4 is 5.73 Å². The maximum Gasteiger partial charge on any atom is 0.240 e. The fourth-order valence-corrected chi connectivity index (χ4v) is 1.05. The Kier molecular flexibility index (Phi) is 3.19. The molecule has 0 spiro atoms. The molecule has 3 N–H and O–H groups in total. The average molecular weight is 187 g/mol. The van der Waals surface area contributed by atoms with Gasteiger partial charge in [-0.25, -0.2) is 8.78 Å². The molecule has 72 valence electrons. The SMILES string of the molecule is N[C@@H](CC(F)F)c1ccc(O)cc1.